The van der Waals surface area contributed by atoms with E-state index in [1.165, 1.54) is 7.05 Å². The molecule has 1 N–H and O–H groups in total. The number of halogens is 5. The lowest BCUT2D eigenvalue weighted by atomic mass is 9.89. The maximum absolute atomic E-state index is 13.1. The molecular formula is C20H23Cl2F3N4O. The Labute approximate surface area is 183 Å². The van der Waals surface area contributed by atoms with E-state index >= 15 is 0 Å². The van der Waals surface area contributed by atoms with E-state index in [0.29, 0.717) is 23.7 Å². The summed E-state index contributed by atoms with van der Waals surface area (Å²) in [7, 11) is 1.39. The Bertz CT molecular complexity index is 875. The van der Waals surface area contributed by atoms with E-state index < -0.39 is 11.9 Å². The number of ketones is 1. The van der Waals surface area contributed by atoms with Crippen LogP contribution in [0.15, 0.2) is 24.3 Å². The molecular weight excluding hydrogens is 440 g/mol. The number of Topliss-reactive ketones (excluding diaryl/α,β-unsaturated/α-hetero) is 1. The number of benzene rings is 1. The second kappa shape index (κ2) is 9.68. The van der Waals surface area contributed by atoms with Crippen molar-refractivity contribution in [3.8, 4) is 0 Å². The predicted octanol–water partition coefficient (Wildman–Crippen LogP) is 4.43. The van der Waals surface area contributed by atoms with Gasteiger partial charge in [-0.05, 0) is 50.2 Å². The molecule has 1 fully saturated rings. The van der Waals surface area contributed by atoms with Gasteiger partial charge >= 0.3 is 6.18 Å². The van der Waals surface area contributed by atoms with Crippen LogP contribution in [0.3, 0.4) is 0 Å². The van der Waals surface area contributed by atoms with Crippen molar-refractivity contribution in [1.29, 1.82) is 0 Å². The van der Waals surface area contributed by atoms with Crippen LogP contribution in [-0.2, 0) is 19.8 Å². The highest BCUT2D eigenvalue weighted by Gasteiger charge is 2.38. The first-order valence-corrected chi connectivity index (χ1v) is 10.4. The van der Waals surface area contributed by atoms with Gasteiger partial charge in [-0.2, -0.15) is 18.3 Å². The fraction of sp³-hybridized carbons (Fsp3) is 0.500. The van der Waals surface area contributed by atoms with E-state index in [9.17, 15) is 18.0 Å². The number of hydrogen-bond acceptors (Lipinski definition) is 4. The predicted molar refractivity (Wildman–Crippen MR) is 110 cm³/mol. The molecule has 0 spiro atoms. The Hall–Kier alpha value is -1.61. The number of nitrogens with zero attached hydrogens (tertiary/aromatic N) is 3. The summed E-state index contributed by atoms with van der Waals surface area (Å²) in [6.45, 7) is 2.73. The number of carbonyl (C=O) groups excluding carboxylic acids is 1. The summed E-state index contributed by atoms with van der Waals surface area (Å²) in [5.41, 5.74) is -0.323. The summed E-state index contributed by atoms with van der Waals surface area (Å²) in [5.74, 6) is 0.120. The summed E-state index contributed by atoms with van der Waals surface area (Å²) in [6, 6.07) is 6.93. The van der Waals surface area contributed by atoms with Gasteiger partial charge in [-0.3, -0.25) is 9.48 Å². The van der Waals surface area contributed by atoms with Crippen LogP contribution in [-0.4, -0.2) is 46.6 Å². The largest absolute Gasteiger partial charge is 0.435 e. The zero-order valence-electron chi connectivity index (χ0n) is 16.5. The fourth-order valence-electron chi connectivity index (χ4n) is 3.65. The second-order valence-corrected chi connectivity index (χ2v) is 8.20. The number of piperidine rings is 1. The van der Waals surface area contributed by atoms with E-state index in [4.69, 9.17) is 23.2 Å². The average Bonchev–Trinajstić information content (AvgIpc) is 3.00. The van der Waals surface area contributed by atoms with Crippen LogP contribution in [0.5, 0.6) is 0 Å². The number of nitrogens with one attached hydrogen (secondary N) is 1. The van der Waals surface area contributed by atoms with Crippen molar-refractivity contribution in [1.82, 2.24) is 20.0 Å². The number of likely N-dealkylation sites (tertiary alicyclic amines) is 1. The van der Waals surface area contributed by atoms with Crippen molar-refractivity contribution >= 4 is 29.0 Å². The van der Waals surface area contributed by atoms with Crippen LogP contribution in [0.2, 0.25) is 10.2 Å². The lowest BCUT2D eigenvalue weighted by molar-refractivity contribution is -0.142. The van der Waals surface area contributed by atoms with Crippen molar-refractivity contribution in [2.24, 2.45) is 13.0 Å². The first kappa shape index (κ1) is 23.1. The number of hydrogen-bond donors (Lipinski definition) is 1. The summed E-state index contributed by atoms with van der Waals surface area (Å²) < 4.78 is 40.3. The van der Waals surface area contributed by atoms with Gasteiger partial charge in [0.25, 0.3) is 0 Å². The Morgan fingerprint density at radius 1 is 1.20 bits per heavy atom. The molecule has 1 aromatic carbocycles. The molecule has 1 aliphatic rings. The molecule has 10 heteroatoms. The summed E-state index contributed by atoms with van der Waals surface area (Å²) in [5, 5.41) is 7.08. The van der Waals surface area contributed by atoms with E-state index in [-0.39, 0.29) is 29.0 Å². The number of aromatic nitrogens is 2. The summed E-state index contributed by atoms with van der Waals surface area (Å²) in [6.07, 6.45) is -3.03. The summed E-state index contributed by atoms with van der Waals surface area (Å²) in [4.78, 5) is 14.8. The van der Waals surface area contributed by atoms with Crippen LogP contribution in [0.1, 0.15) is 34.5 Å². The summed E-state index contributed by atoms with van der Waals surface area (Å²) >= 11 is 11.8. The lowest BCUT2D eigenvalue weighted by Crippen LogP contribution is -2.40. The van der Waals surface area contributed by atoms with Gasteiger partial charge in [-0.15, -0.1) is 0 Å². The molecule has 0 bridgehead atoms. The number of rotatable bonds is 7. The Morgan fingerprint density at radius 3 is 2.43 bits per heavy atom. The zero-order valence-corrected chi connectivity index (χ0v) is 18.0. The minimum absolute atomic E-state index is 0.00691. The van der Waals surface area contributed by atoms with Crippen LogP contribution < -0.4 is 5.32 Å². The minimum atomic E-state index is -4.54. The van der Waals surface area contributed by atoms with Gasteiger partial charge in [-0.1, -0.05) is 23.2 Å². The molecule has 0 amide bonds. The highest BCUT2D eigenvalue weighted by atomic mass is 35.5. The van der Waals surface area contributed by atoms with E-state index in [0.717, 1.165) is 30.6 Å². The van der Waals surface area contributed by atoms with Crippen molar-refractivity contribution in [2.45, 2.75) is 25.6 Å². The molecule has 2 aromatic rings. The molecule has 0 radical (unpaired) electrons. The average molecular weight is 463 g/mol. The van der Waals surface area contributed by atoms with Gasteiger partial charge in [0.2, 0.25) is 0 Å². The Balaban J connectivity index is 1.44. The molecule has 3 rings (SSSR count). The van der Waals surface area contributed by atoms with Crippen LogP contribution in [0, 0.1) is 5.92 Å². The third-order valence-electron chi connectivity index (χ3n) is 5.33. The van der Waals surface area contributed by atoms with E-state index in [1.54, 1.807) is 24.3 Å². The molecule has 1 aromatic heterocycles. The van der Waals surface area contributed by atoms with Gasteiger partial charge in [0.05, 0.1) is 0 Å². The first-order valence-electron chi connectivity index (χ1n) is 9.68. The molecule has 164 valence electrons. The van der Waals surface area contributed by atoms with E-state index in [2.05, 4.69) is 15.3 Å². The third-order valence-corrected chi connectivity index (χ3v) is 6.06. The van der Waals surface area contributed by atoms with Gasteiger partial charge < -0.3 is 10.2 Å². The van der Waals surface area contributed by atoms with Crippen LogP contribution in [0.4, 0.5) is 13.2 Å². The number of carbonyl (C=O) groups is 1. The topological polar surface area (TPSA) is 50.2 Å². The van der Waals surface area contributed by atoms with Crippen molar-refractivity contribution in [2.75, 3.05) is 26.2 Å². The van der Waals surface area contributed by atoms with Crippen molar-refractivity contribution < 1.29 is 18.0 Å². The van der Waals surface area contributed by atoms with Gasteiger partial charge in [0, 0.05) is 48.7 Å². The maximum atomic E-state index is 13.1. The Morgan fingerprint density at radius 2 is 1.83 bits per heavy atom. The van der Waals surface area contributed by atoms with Gasteiger partial charge in [0.15, 0.2) is 11.5 Å². The second-order valence-electron chi connectivity index (χ2n) is 7.40. The molecule has 0 atom stereocenters. The van der Waals surface area contributed by atoms with E-state index in [1.807, 2.05) is 0 Å². The standard InChI is InChI=1S/C20H23Cl2F3N4O/c1-28-19(22)16(18(27-28)20(23,24)25)12-26-8-11-29-9-6-14(7-10-29)17(30)13-2-4-15(21)5-3-13/h2-5,14,26H,6-12H2,1H3. The monoisotopic (exact) mass is 462 g/mol. The molecule has 0 saturated carbocycles. The van der Waals surface area contributed by atoms with Crippen LogP contribution in [0.25, 0.3) is 0 Å². The van der Waals surface area contributed by atoms with Crippen molar-refractivity contribution in [3.05, 3.63) is 51.3 Å². The first-order chi connectivity index (χ1) is 14.2. The molecule has 2 heterocycles. The molecule has 30 heavy (non-hydrogen) atoms. The number of alkyl halides is 3. The SMILES string of the molecule is Cn1nc(C(F)(F)F)c(CNCCN2CCC(C(=O)c3ccc(Cl)cc3)CC2)c1Cl. The van der Waals surface area contributed by atoms with Gasteiger partial charge in [0.1, 0.15) is 5.15 Å². The maximum Gasteiger partial charge on any atom is 0.435 e. The van der Waals surface area contributed by atoms with Crippen LogP contribution >= 0.6 is 23.2 Å². The third kappa shape index (κ3) is 5.55. The molecule has 0 aliphatic carbocycles. The molecule has 1 aliphatic heterocycles. The number of aryl methyl sites for hydroxylation is 1. The van der Waals surface area contributed by atoms with Crippen molar-refractivity contribution in [3.63, 3.8) is 0 Å². The molecule has 0 unspecified atom stereocenters. The smallest absolute Gasteiger partial charge is 0.311 e. The zero-order chi connectivity index (χ0) is 21.9. The normalized spacial score (nSPS) is 16.2. The Kier molecular flexibility index (Phi) is 7.44. The molecule has 1 saturated heterocycles. The fourth-order valence-corrected chi connectivity index (χ4v) is 3.97. The lowest BCUT2D eigenvalue weighted by Gasteiger charge is -2.31. The minimum Gasteiger partial charge on any atom is -0.311 e. The molecule has 5 nitrogen and oxygen atoms in total. The quantitative estimate of drug-likeness (QED) is 0.488. The highest BCUT2D eigenvalue weighted by molar-refractivity contribution is 6.30. The highest BCUT2D eigenvalue weighted by Crippen LogP contribution is 2.34. The van der Waals surface area contributed by atoms with Gasteiger partial charge in [-0.25, -0.2) is 0 Å².